The molecule has 0 aromatic heterocycles. The Hall–Kier alpha value is -2.21. The molecule has 106 valence electrons. The Balaban J connectivity index is 2.09. The number of nitrogens with zero attached hydrogens (tertiary/aromatic N) is 2. The lowest BCUT2D eigenvalue weighted by Crippen LogP contribution is -2.41. The summed E-state index contributed by atoms with van der Waals surface area (Å²) in [6.07, 6.45) is 3.76. The molecule has 20 heavy (non-hydrogen) atoms. The summed E-state index contributed by atoms with van der Waals surface area (Å²) in [6.45, 7) is 0.928. The molecule has 1 aliphatic heterocycles. The summed E-state index contributed by atoms with van der Waals surface area (Å²) in [5, 5.41) is 20.4. The minimum Gasteiger partial charge on any atom is -0.391 e. The maximum Gasteiger partial charge on any atom is 0.276 e. The van der Waals surface area contributed by atoms with E-state index in [1.807, 2.05) is 0 Å². The fourth-order valence-electron chi connectivity index (χ4n) is 2.22. The van der Waals surface area contributed by atoms with Gasteiger partial charge in [0.25, 0.3) is 5.69 Å². The van der Waals surface area contributed by atoms with Gasteiger partial charge in [0.15, 0.2) is 0 Å². The van der Waals surface area contributed by atoms with Gasteiger partial charge in [-0.2, -0.15) is 0 Å². The number of likely N-dealkylation sites (tertiary alicyclic amines) is 1. The summed E-state index contributed by atoms with van der Waals surface area (Å²) in [4.78, 5) is 23.9. The number of nitro benzene ring substituents is 1. The van der Waals surface area contributed by atoms with Gasteiger partial charge in [0, 0.05) is 25.2 Å². The van der Waals surface area contributed by atoms with Gasteiger partial charge in [-0.15, -0.1) is 0 Å². The number of hydrogen-bond acceptors (Lipinski definition) is 4. The zero-order valence-electron chi connectivity index (χ0n) is 10.9. The third-order valence-corrected chi connectivity index (χ3v) is 3.25. The second-order valence-electron chi connectivity index (χ2n) is 4.73. The summed E-state index contributed by atoms with van der Waals surface area (Å²) < 4.78 is 0. The smallest absolute Gasteiger partial charge is 0.276 e. The van der Waals surface area contributed by atoms with Crippen LogP contribution in [0.4, 0.5) is 5.69 Å². The molecule has 6 nitrogen and oxygen atoms in total. The van der Waals surface area contributed by atoms with Gasteiger partial charge in [0.05, 0.1) is 16.6 Å². The fourth-order valence-corrected chi connectivity index (χ4v) is 2.22. The zero-order valence-corrected chi connectivity index (χ0v) is 10.9. The zero-order chi connectivity index (χ0) is 14.5. The number of carbonyl (C=O) groups excluding carboxylic acids is 1. The van der Waals surface area contributed by atoms with Crippen LogP contribution < -0.4 is 0 Å². The third-order valence-electron chi connectivity index (χ3n) is 3.25. The van der Waals surface area contributed by atoms with Crippen molar-refractivity contribution in [3.63, 3.8) is 0 Å². The number of rotatable bonds is 3. The summed E-state index contributed by atoms with van der Waals surface area (Å²) >= 11 is 0. The van der Waals surface area contributed by atoms with E-state index in [1.54, 1.807) is 23.1 Å². The molecule has 1 aliphatic rings. The number of aliphatic hydroxyl groups is 1. The van der Waals surface area contributed by atoms with E-state index in [2.05, 4.69) is 0 Å². The summed E-state index contributed by atoms with van der Waals surface area (Å²) in [6, 6.07) is 6.25. The van der Waals surface area contributed by atoms with Crippen LogP contribution in [0.1, 0.15) is 18.4 Å². The minimum absolute atomic E-state index is 0.0322. The van der Waals surface area contributed by atoms with Crippen LogP contribution in [-0.2, 0) is 4.79 Å². The van der Waals surface area contributed by atoms with Gasteiger partial charge in [-0.25, -0.2) is 0 Å². The second kappa shape index (κ2) is 6.29. The fraction of sp³-hybridized carbons (Fsp3) is 0.357. The summed E-state index contributed by atoms with van der Waals surface area (Å²) in [5.74, 6) is -0.234. The predicted molar refractivity (Wildman–Crippen MR) is 74.0 cm³/mol. The van der Waals surface area contributed by atoms with Crippen molar-refractivity contribution in [2.45, 2.75) is 18.9 Å². The highest BCUT2D eigenvalue weighted by Crippen LogP contribution is 2.19. The molecule has 1 unspecified atom stereocenters. The second-order valence-corrected chi connectivity index (χ2v) is 4.73. The van der Waals surface area contributed by atoms with Gasteiger partial charge < -0.3 is 10.0 Å². The van der Waals surface area contributed by atoms with Crippen LogP contribution in [0, 0.1) is 10.1 Å². The molecule has 1 atom stereocenters. The molecule has 1 N–H and O–H groups in total. The summed E-state index contributed by atoms with van der Waals surface area (Å²) in [5.41, 5.74) is 0.360. The van der Waals surface area contributed by atoms with Crippen LogP contribution >= 0.6 is 0 Å². The van der Waals surface area contributed by atoms with Crippen LogP contribution in [-0.4, -0.2) is 40.0 Å². The van der Waals surface area contributed by atoms with Gasteiger partial charge >= 0.3 is 0 Å². The van der Waals surface area contributed by atoms with Crippen LogP contribution in [0.2, 0.25) is 0 Å². The maximum absolute atomic E-state index is 12.0. The van der Waals surface area contributed by atoms with Crippen molar-refractivity contribution in [2.24, 2.45) is 0 Å². The Morgan fingerprint density at radius 3 is 2.90 bits per heavy atom. The summed E-state index contributed by atoms with van der Waals surface area (Å²) in [7, 11) is 0. The molecule has 0 saturated carbocycles. The van der Waals surface area contributed by atoms with Crippen LogP contribution in [0.15, 0.2) is 30.3 Å². The Morgan fingerprint density at radius 2 is 2.20 bits per heavy atom. The number of β-amino-alcohol motifs (C(OH)–C–C–N with tert-alkyl or cyclic N) is 1. The largest absolute Gasteiger partial charge is 0.391 e. The van der Waals surface area contributed by atoms with E-state index < -0.39 is 11.0 Å². The Morgan fingerprint density at radius 1 is 1.45 bits per heavy atom. The van der Waals surface area contributed by atoms with Crippen LogP contribution in [0.5, 0.6) is 0 Å². The highest BCUT2D eigenvalue weighted by Gasteiger charge is 2.20. The van der Waals surface area contributed by atoms with Crippen molar-refractivity contribution < 1.29 is 14.8 Å². The number of amides is 1. The van der Waals surface area contributed by atoms with Crippen molar-refractivity contribution in [3.8, 4) is 0 Å². The lowest BCUT2D eigenvalue weighted by atomic mass is 10.1. The van der Waals surface area contributed by atoms with Gasteiger partial charge in [-0.05, 0) is 25.0 Å². The van der Waals surface area contributed by atoms with Crippen LogP contribution in [0.25, 0.3) is 6.08 Å². The number of carbonyl (C=O) groups is 1. The Labute approximate surface area is 116 Å². The van der Waals surface area contributed by atoms with Crippen molar-refractivity contribution in [3.05, 3.63) is 46.0 Å². The SMILES string of the molecule is O=C(C=Cc1ccccc1[N+](=O)[O-])N1CCCC(O)C1. The number of benzene rings is 1. The first-order valence-electron chi connectivity index (χ1n) is 6.46. The molecule has 0 aliphatic carbocycles. The molecule has 1 aromatic carbocycles. The lowest BCUT2D eigenvalue weighted by Gasteiger charge is -2.29. The van der Waals surface area contributed by atoms with Crippen molar-refractivity contribution in [1.29, 1.82) is 0 Å². The van der Waals surface area contributed by atoms with Crippen molar-refractivity contribution in [2.75, 3.05) is 13.1 Å². The van der Waals surface area contributed by atoms with Gasteiger partial charge in [0.1, 0.15) is 0 Å². The number of para-hydroxylation sites is 1. The molecule has 1 aromatic rings. The molecule has 1 saturated heterocycles. The molecular formula is C14H16N2O4. The van der Waals surface area contributed by atoms with Crippen molar-refractivity contribution >= 4 is 17.7 Å². The first-order chi connectivity index (χ1) is 9.58. The van der Waals surface area contributed by atoms with E-state index in [-0.39, 0.29) is 11.6 Å². The predicted octanol–water partition coefficient (Wildman–Crippen LogP) is 1.59. The average molecular weight is 276 g/mol. The molecule has 0 radical (unpaired) electrons. The van der Waals surface area contributed by atoms with Gasteiger partial charge in [-0.1, -0.05) is 12.1 Å². The number of piperidine rings is 1. The van der Waals surface area contributed by atoms with E-state index in [0.717, 1.165) is 6.42 Å². The van der Waals surface area contributed by atoms with Crippen LogP contribution in [0.3, 0.4) is 0 Å². The molecule has 0 bridgehead atoms. The highest BCUT2D eigenvalue weighted by atomic mass is 16.6. The molecule has 0 spiro atoms. The average Bonchev–Trinajstić information content (AvgIpc) is 2.45. The van der Waals surface area contributed by atoms with E-state index >= 15 is 0 Å². The van der Waals surface area contributed by atoms with E-state index in [9.17, 15) is 20.0 Å². The number of hydrogen-bond donors (Lipinski definition) is 1. The lowest BCUT2D eigenvalue weighted by molar-refractivity contribution is -0.385. The third kappa shape index (κ3) is 3.42. The topological polar surface area (TPSA) is 83.7 Å². The molecule has 1 heterocycles. The molecule has 6 heteroatoms. The Bertz CT molecular complexity index is 542. The van der Waals surface area contributed by atoms with Gasteiger partial charge in [0.2, 0.25) is 5.91 Å². The molecule has 2 rings (SSSR count). The van der Waals surface area contributed by atoms with E-state index in [4.69, 9.17) is 0 Å². The first kappa shape index (κ1) is 14.2. The number of aliphatic hydroxyl groups excluding tert-OH is 1. The molecule has 1 fully saturated rings. The Kier molecular flexibility index (Phi) is 4.47. The maximum atomic E-state index is 12.0. The number of nitro groups is 1. The molecule has 1 amide bonds. The van der Waals surface area contributed by atoms with Crippen molar-refractivity contribution in [1.82, 2.24) is 4.90 Å². The van der Waals surface area contributed by atoms with E-state index in [0.29, 0.717) is 25.1 Å². The minimum atomic E-state index is -0.479. The van der Waals surface area contributed by atoms with E-state index in [1.165, 1.54) is 18.2 Å². The highest BCUT2D eigenvalue weighted by molar-refractivity contribution is 5.92. The standard InChI is InChI=1S/C14H16N2O4/c17-12-5-3-9-15(10-12)14(18)8-7-11-4-1-2-6-13(11)16(19)20/h1-2,4,6-8,12,17H,3,5,9-10H2. The normalized spacial score (nSPS) is 19.2. The van der Waals surface area contributed by atoms with Gasteiger partial charge in [-0.3, -0.25) is 14.9 Å². The first-order valence-corrected chi connectivity index (χ1v) is 6.46. The monoisotopic (exact) mass is 276 g/mol. The molecular weight excluding hydrogens is 260 g/mol. The quantitative estimate of drug-likeness (QED) is 0.516.